The highest BCUT2D eigenvalue weighted by Gasteiger charge is 2.37. The van der Waals surface area contributed by atoms with Crippen LogP contribution in [0.4, 0.5) is 5.69 Å². The Morgan fingerprint density at radius 2 is 1.15 bits per heavy atom. The molecule has 0 unspecified atom stereocenters. The first-order chi connectivity index (χ1) is 26.9. The van der Waals surface area contributed by atoms with Gasteiger partial charge in [0.1, 0.15) is 0 Å². The molecule has 0 amide bonds. The van der Waals surface area contributed by atoms with Crippen molar-refractivity contribution in [3.05, 3.63) is 192 Å². The number of pyridine rings is 1. The van der Waals surface area contributed by atoms with Gasteiger partial charge in [0.2, 0.25) is 0 Å². The van der Waals surface area contributed by atoms with Crippen molar-refractivity contribution in [3.63, 3.8) is 0 Å². The predicted octanol–water partition coefficient (Wildman–Crippen LogP) is 12.6. The molecule has 0 N–H and O–H groups in total. The summed E-state index contributed by atoms with van der Waals surface area (Å²) in [7, 11) is 0. The Balaban J connectivity index is 1.21. The standard InChI is InChI=1S/C50H33N5/c1-50(2)43-28-37(20-21-42(43)48-44(50)23-32(30-51)24-47(48)52-3)39-25-40(38-15-10-22-53-31-38)27-41(26-39)46-29-45(54-49(55-46)36-13-8-5-9-14-36)35-18-16-34(17-19-35)33-11-6-4-7-12-33/h4-29,31H,1-2H3. The van der Waals surface area contributed by atoms with Gasteiger partial charge in [-0.05, 0) is 98.6 Å². The summed E-state index contributed by atoms with van der Waals surface area (Å²) in [6, 6.07) is 54.1. The fraction of sp³-hybridized carbons (Fsp3) is 0.0600. The molecule has 1 aliphatic rings. The van der Waals surface area contributed by atoms with Crippen LogP contribution in [0.2, 0.25) is 0 Å². The molecule has 5 nitrogen and oxygen atoms in total. The third kappa shape index (κ3) is 6.05. The quantitative estimate of drug-likeness (QED) is 0.162. The van der Waals surface area contributed by atoms with Crippen LogP contribution < -0.4 is 0 Å². The van der Waals surface area contributed by atoms with Gasteiger partial charge in [-0.3, -0.25) is 4.98 Å². The highest BCUT2D eigenvalue weighted by atomic mass is 14.9. The second-order valence-corrected chi connectivity index (χ2v) is 14.3. The van der Waals surface area contributed by atoms with Gasteiger partial charge in [0.25, 0.3) is 0 Å². The molecule has 55 heavy (non-hydrogen) atoms. The molecule has 0 bridgehead atoms. The average molecular weight is 704 g/mol. The first kappa shape index (κ1) is 33.4. The lowest BCUT2D eigenvalue weighted by Crippen LogP contribution is -2.15. The number of hydrogen-bond acceptors (Lipinski definition) is 4. The fourth-order valence-corrected chi connectivity index (χ4v) is 7.73. The largest absolute Gasteiger partial charge is 0.264 e. The maximum absolute atomic E-state index is 9.76. The first-order valence-electron chi connectivity index (χ1n) is 18.2. The van der Waals surface area contributed by atoms with E-state index in [2.05, 4.69) is 127 Å². The zero-order valence-electron chi connectivity index (χ0n) is 30.3. The SMILES string of the molecule is [C-]#[N+]c1cc(C#N)cc2c1-c1ccc(-c3cc(-c4cccnc4)cc(-c4cc(-c5ccc(-c6ccccc6)cc5)nc(-c5ccccc5)n4)c3)cc1C2(C)C. The van der Waals surface area contributed by atoms with Gasteiger partial charge in [-0.2, -0.15) is 5.26 Å². The lowest BCUT2D eigenvalue weighted by Gasteiger charge is -2.22. The van der Waals surface area contributed by atoms with Crippen LogP contribution in [0.1, 0.15) is 30.5 Å². The van der Waals surface area contributed by atoms with Crippen molar-refractivity contribution in [3.8, 4) is 84.5 Å². The maximum atomic E-state index is 9.76. The second-order valence-electron chi connectivity index (χ2n) is 14.3. The van der Waals surface area contributed by atoms with E-state index in [1.807, 2.05) is 54.7 Å². The molecule has 0 radical (unpaired) electrons. The number of rotatable bonds is 6. The van der Waals surface area contributed by atoms with Crippen molar-refractivity contribution >= 4 is 5.69 Å². The Kier molecular flexibility index (Phi) is 8.19. The average Bonchev–Trinajstić information content (AvgIpc) is 3.49. The molecule has 5 heteroatoms. The van der Waals surface area contributed by atoms with Crippen LogP contribution in [-0.2, 0) is 5.41 Å². The van der Waals surface area contributed by atoms with Gasteiger partial charge in [0, 0.05) is 45.6 Å². The minimum atomic E-state index is -0.404. The third-order valence-corrected chi connectivity index (χ3v) is 10.6. The van der Waals surface area contributed by atoms with Gasteiger partial charge in [0.15, 0.2) is 11.5 Å². The molecule has 0 spiro atoms. The molecule has 2 heterocycles. The number of nitriles is 1. The number of hydrogen-bond donors (Lipinski definition) is 0. The molecule has 6 aromatic carbocycles. The van der Waals surface area contributed by atoms with Gasteiger partial charge in [-0.1, -0.05) is 117 Å². The predicted molar refractivity (Wildman–Crippen MR) is 221 cm³/mol. The first-order valence-corrected chi connectivity index (χ1v) is 18.2. The fourth-order valence-electron chi connectivity index (χ4n) is 7.73. The van der Waals surface area contributed by atoms with Crippen molar-refractivity contribution in [1.29, 1.82) is 5.26 Å². The Labute approximate surface area is 320 Å². The summed E-state index contributed by atoms with van der Waals surface area (Å²) in [4.78, 5) is 18.6. The summed E-state index contributed by atoms with van der Waals surface area (Å²) >= 11 is 0. The van der Waals surface area contributed by atoms with E-state index >= 15 is 0 Å². The van der Waals surface area contributed by atoms with Gasteiger partial charge in [-0.15, -0.1) is 0 Å². The summed E-state index contributed by atoms with van der Waals surface area (Å²) < 4.78 is 0. The van der Waals surface area contributed by atoms with E-state index in [0.29, 0.717) is 17.1 Å². The Bertz CT molecular complexity index is 2830. The van der Waals surface area contributed by atoms with Crippen LogP contribution in [0.25, 0.3) is 83.3 Å². The van der Waals surface area contributed by atoms with Crippen LogP contribution in [0, 0.1) is 17.9 Å². The van der Waals surface area contributed by atoms with Crippen molar-refractivity contribution in [2.24, 2.45) is 0 Å². The Hall–Kier alpha value is -7.47. The highest BCUT2D eigenvalue weighted by molar-refractivity contribution is 5.93. The number of fused-ring (bicyclic) bond motifs is 3. The molecule has 8 aromatic rings. The molecule has 0 atom stereocenters. The molecule has 1 aliphatic carbocycles. The molecule has 2 aromatic heterocycles. The summed E-state index contributed by atoms with van der Waals surface area (Å²) in [5, 5.41) is 9.76. The van der Waals surface area contributed by atoms with Crippen LogP contribution in [0.3, 0.4) is 0 Å². The van der Waals surface area contributed by atoms with Crippen molar-refractivity contribution < 1.29 is 0 Å². The van der Waals surface area contributed by atoms with Crippen LogP contribution in [0.15, 0.2) is 164 Å². The summed E-state index contributed by atoms with van der Waals surface area (Å²) in [6.45, 7) is 12.3. The van der Waals surface area contributed by atoms with E-state index in [1.165, 1.54) is 5.56 Å². The van der Waals surface area contributed by atoms with E-state index in [1.54, 1.807) is 12.3 Å². The van der Waals surface area contributed by atoms with Gasteiger partial charge in [-0.25, -0.2) is 14.8 Å². The zero-order valence-corrected chi connectivity index (χ0v) is 30.3. The summed E-state index contributed by atoms with van der Waals surface area (Å²) in [5.41, 5.74) is 15.7. The minimum Gasteiger partial charge on any atom is -0.264 e. The molecule has 0 fully saturated rings. The normalized spacial score (nSPS) is 12.3. The summed E-state index contributed by atoms with van der Waals surface area (Å²) in [6.07, 6.45) is 3.68. The molecule has 0 saturated heterocycles. The van der Waals surface area contributed by atoms with Gasteiger partial charge in [0.05, 0.1) is 24.0 Å². The van der Waals surface area contributed by atoms with Gasteiger partial charge < -0.3 is 0 Å². The molecule has 0 saturated carbocycles. The third-order valence-electron chi connectivity index (χ3n) is 10.6. The lowest BCUT2D eigenvalue weighted by molar-refractivity contribution is 0.660. The van der Waals surface area contributed by atoms with E-state index in [4.69, 9.17) is 16.5 Å². The number of aromatic nitrogens is 3. The molecule has 0 aliphatic heterocycles. The summed E-state index contributed by atoms with van der Waals surface area (Å²) in [5.74, 6) is 0.651. The topological polar surface area (TPSA) is 66.8 Å². The van der Waals surface area contributed by atoms with E-state index in [0.717, 1.165) is 78.1 Å². The number of benzene rings is 6. The van der Waals surface area contributed by atoms with E-state index < -0.39 is 5.41 Å². The van der Waals surface area contributed by atoms with Crippen molar-refractivity contribution in [1.82, 2.24) is 15.0 Å². The van der Waals surface area contributed by atoms with E-state index in [9.17, 15) is 5.26 Å². The van der Waals surface area contributed by atoms with Crippen LogP contribution >= 0.6 is 0 Å². The molecule has 9 rings (SSSR count). The number of nitrogens with zero attached hydrogens (tertiary/aromatic N) is 5. The second kappa shape index (κ2) is 13.5. The lowest BCUT2D eigenvalue weighted by atomic mass is 9.81. The Morgan fingerprint density at radius 1 is 0.545 bits per heavy atom. The Morgan fingerprint density at radius 3 is 1.82 bits per heavy atom. The van der Waals surface area contributed by atoms with E-state index in [-0.39, 0.29) is 0 Å². The minimum absolute atomic E-state index is 0.404. The van der Waals surface area contributed by atoms with Crippen LogP contribution in [-0.4, -0.2) is 15.0 Å². The smallest absolute Gasteiger partial charge is 0.196 e. The van der Waals surface area contributed by atoms with Crippen molar-refractivity contribution in [2.45, 2.75) is 19.3 Å². The molecular formula is C50H33N5. The van der Waals surface area contributed by atoms with Crippen LogP contribution in [0.5, 0.6) is 0 Å². The highest BCUT2D eigenvalue weighted by Crippen LogP contribution is 2.53. The zero-order chi connectivity index (χ0) is 37.5. The van der Waals surface area contributed by atoms with Crippen molar-refractivity contribution in [2.75, 3.05) is 0 Å². The van der Waals surface area contributed by atoms with Gasteiger partial charge >= 0.3 is 0 Å². The molecule has 258 valence electrons. The monoisotopic (exact) mass is 703 g/mol. The molecular weight excluding hydrogens is 671 g/mol. The maximum Gasteiger partial charge on any atom is 0.196 e.